The van der Waals surface area contributed by atoms with Gasteiger partial charge in [0.05, 0.1) is 30.2 Å². The normalized spacial score (nSPS) is 15.9. The van der Waals surface area contributed by atoms with Crippen LogP contribution in [0.5, 0.6) is 5.75 Å². The second-order valence-corrected chi connectivity index (χ2v) is 12.5. The summed E-state index contributed by atoms with van der Waals surface area (Å²) < 4.78 is 32.1. The van der Waals surface area contributed by atoms with Gasteiger partial charge in [-0.1, -0.05) is 53.5 Å². The molecule has 1 fully saturated rings. The van der Waals surface area contributed by atoms with Crippen LogP contribution in [0.1, 0.15) is 34.8 Å². The number of aliphatic hydroxyl groups is 1. The van der Waals surface area contributed by atoms with Crippen LogP contribution in [0.15, 0.2) is 66.7 Å². The minimum absolute atomic E-state index is 0.0626. The molecule has 0 radical (unpaired) electrons. The molecule has 214 valence electrons. The molecule has 11 heteroatoms. The number of nitrogens with zero attached hydrogens (tertiary/aromatic N) is 1. The smallest absolute Gasteiger partial charge is 0.251 e. The molecule has 0 spiro atoms. The summed E-state index contributed by atoms with van der Waals surface area (Å²) >= 11 is 12.2. The SMILES string of the molecule is CCOc1cc(C(=O)N[C@@H](Cc2ccccc2)[C@H](O)CNCc2cc(Cl)cc(Cl)c2)cc(N2CCCS2(=O)=O)c1. The van der Waals surface area contributed by atoms with Gasteiger partial charge in [0.15, 0.2) is 0 Å². The predicted molar refractivity (Wildman–Crippen MR) is 159 cm³/mol. The van der Waals surface area contributed by atoms with Crippen molar-refractivity contribution in [1.82, 2.24) is 10.6 Å². The van der Waals surface area contributed by atoms with Crippen LogP contribution in [0.25, 0.3) is 0 Å². The van der Waals surface area contributed by atoms with Crippen LogP contribution in [-0.2, 0) is 23.0 Å². The van der Waals surface area contributed by atoms with Gasteiger partial charge in [0, 0.05) is 41.3 Å². The Morgan fingerprint density at radius 3 is 2.42 bits per heavy atom. The van der Waals surface area contributed by atoms with Gasteiger partial charge in [0.1, 0.15) is 5.75 Å². The fraction of sp³-hybridized carbons (Fsp3) is 0.345. The van der Waals surface area contributed by atoms with Crippen molar-refractivity contribution in [2.75, 3.05) is 29.8 Å². The summed E-state index contributed by atoms with van der Waals surface area (Å²) in [5.41, 5.74) is 2.44. The topological polar surface area (TPSA) is 108 Å². The average molecular weight is 607 g/mol. The van der Waals surface area contributed by atoms with Crippen LogP contribution in [0.2, 0.25) is 10.0 Å². The lowest BCUT2D eigenvalue weighted by molar-refractivity contribution is 0.0829. The van der Waals surface area contributed by atoms with Gasteiger partial charge in [-0.2, -0.15) is 0 Å². The van der Waals surface area contributed by atoms with Crippen LogP contribution in [0.3, 0.4) is 0 Å². The number of aliphatic hydroxyl groups excluding tert-OH is 1. The van der Waals surface area contributed by atoms with E-state index in [0.29, 0.717) is 54.0 Å². The molecule has 8 nitrogen and oxygen atoms in total. The molecule has 2 atom stereocenters. The number of carbonyl (C=O) groups excluding carboxylic acids is 1. The molecule has 0 aromatic heterocycles. The number of benzene rings is 3. The van der Waals surface area contributed by atoms with Gasteiger partial charge in [-0.05, 0) is 61.2 Å². The first-order valence-corrected chi connectivity index (χ1v) is 15.5. The van der Waals surface area contributed by atoms with Crippen LogP contribution in [-0.4, -0.2) is 57.0 Å². The van der Waals surface area contributed by atoms with Crippen molar-refractivity contribution in [2.24, 2.45) is 0 Å². The number of carbonyl (C=O) groups is 1. The third-order valence-electron chi connectivity index (χ3n) is 6.54. The molecule has 0 unspecified atom stereocenters. The molecule has 3 aromatic carbocycles. The van der Waals surface area contributed by atoms with E-state index in [9.17, 15) is 18.3 Å². The zero-order valence-electron chi connectivity index (χ0n) is 22.1. The molecule has 1 amide bonds. The molecule has 1 heterocycles. The molecule has 40 heavy (non-hydrogen) atoms. The molecular weight excluding hydrogens is 573 g/mol. The van der Waals surface area contributed by atoms with E-state index in [1.165, 1.54) is 4.31 Å². The van der Waals surface area contributed by atoms with Crippen LogP contribution < -0.4 is 19.7 Å². The number of hydrogen-bond acceptors (Lipinski definition) is 6. The Hall–Kier alpha value is -2.82. The maximum Gasteiger partial charge on any atom is 0.251 e. The maximum absolute atomic E-state index is 13.5. The zero-order chi connectivity index (χ0) is 28.7. The van der Waals surface area contributed by atoms with E-state index in [1.807, 2.05) is 37.3 Å². The minimum atomic E-state index is -3.45. The highest BCUT2D eigenvalue weighted by molar-refractivity contribution is 7.93. The van der Waals surface area contributed by atoms with Gasteiger partial charge in [0.25, 0.3) is 5.91 Å². The lowest BCUT2D eigenvalue weighted by Gasteiger charge is -2.25. The van der Waals surface area contributed by atoms with E-state index in [-0.39, 0.29) is 17.9 Å². The summed E-state index contributed by atoms with van der Waals surface area (Å²) in [7, 11) is -3.45. The van der Waals surface area contributed by atoms with Crippen molar-refractivity contribution in [2.45, 2.75) is 38.5 Å². The number of anilines is 1. The fourth-order valence-corrected chi connectivity index (χ4v) is 6.78. The van der Waals surface area contributed by atoms with Crippen LogP contribution >= 0.6 is 23.2 Å². The molecule has 3 N–H and O–H groups in total. The molecule has 0 aliphatic carbocycles. The Kier molecular flexibility index (Phi) is 10.3. The highest BCUT2D eigenvalue weighted by Crippen LogP contribution is 2.29. The van der Waals surface area contributed by atoms with Crippen molar-refractivity contribution in [1.29, 1.82) is 0 Å². The Morgan fingerprint density at radius 2 is 1.77 bits per heavy atom. The third-order valence-corrected chi connectivity index (χ3v) is 8.84. The first kappa shape index (κ1) is 30.1. The minimum Gasteiger partial charge on any atom is -0.494 e. The summed E-state index contributed by atoms with van der Waals surface area (Å²) in [6.45, 7) is 3.13. The molecule has 3 aromatic rings. The molecule has 1 aliphatic heterocycles. The first-order valence-electron chi connectivity index (χ1n) is 13.1. The van der Waals surface area contributed by atoms with Gasteiger partial charge in [0.2, 0.25) is 10.0 Å². The lowest BCUT2D eigenvalue weighted by Crippen LogP contribution is -2.48. The fourth-order valence-electron chi connectivity index (χ4n) is 4.66. The van der Waals surface area contributed by atoms with Crippen molar-refractivity contribution in [3.8, 4) is 5.75 Å². The maximum atomic E-state index is 13.5. The van der Waals surface area contributed by atoms with Crippen molar-refractivity contribution >= 4 is 44.8 Å². The van der Waals surface area contributed by atoms with Crippen molar-refractivity contribution in [3.05, 3.63) is 93.5 Å². The second-order valence-electron chi connectivity index (χ2n) is 9.64. The van der Waals surface area contributed by atoms with Crippen LogP contribution in [0.4, 0.5) is 5.69 Å². The van der Waals surface area contributed by atoms with E-state index in [4.69, 9.17) is 27.9 Å². The summed E-state index contributed by atoms with van der Waals surface area (Å²) in [5.74, 6) is 0.0166. The standard InChI is InChI=1S/C29H33Cl2N3O5S/c1-2-39-26-15-22(14-25(17-26)34-9-6-10-40(34,37)38)29(36)33-27(13-20-7-4-3-5-8-20)28(35)19-32-18-21-11-23(30)16-24(31)12-21/h3-5,7-8,11-12,14-17,27-28,32,35H,2,6,9-10,13,18-19H2,1H3,(H,33,36)/t27-,28+/m0/s1. The third kappa shape index (κ3) is 8.11. The number of amides is 1. The Morgan fingerprint density at radius 1 is 1.05 bits per heavy atom. The van der Waals surface area contributed by atoms with Gasteiger partial charge >= 0.3 is 0 Å². The molecule has 0 saturated carbocycles. The predicted octanol–water partition coefficient (Wildman–Crippen LogP) is 4.42. The average Bonchev–Trinajstić information content (AvgIpc) is 3.27. The second kappa shape index (κ2) is 13.7. The number of nitrogens with one attached hydrogen (secondary N) is 2. The number of rotatable bonds is 12. The Balaban J connectivity index is 1.53. The molecule has 4 rings (SSSR count). The molecule has 0 bridgehead atoms. The molecule has 1 aliphatic rings. The number of hydrogen-bond donors (Lipinski definition) is 3. The van der Waals surface area contributed by atoms with Crippen molar-refractivity contribution in [3.63, 3.8) is 0 Å². The van der Waals surface area contributed by atoms with E-state index in [1.54, 1.807) is 36.4 Å². The van der Waals surface area contributed by atoms with E-state index < -0.39 is 28.1 Å². The summed E-state index contributed by atoms with van der Waals surface area (Å²) in [6.07, 6.45) is -0.0355. The highest BCUT2D eigenvalue weighted by atomic mass is 35.5. The van der Waals surface area contributed by atoms with E-state index in [2.05, 4.69) is 10.6 Å². The molecular formula is C29H33Cl2N3O5S. The van der Waals surface area contributed by atoms with E-state index >= 15 is 0 Å². The first-order chi connectivity index (χ1) is 19.1. The van der Waals surface area contributed by atoms with Gasteiger partial charge < -0.3 is 20.5 Å². The monoisotopic (exact) mass is 605 g/mol. The highest BCUT2D eigenvalue weighted by Gasteiger charge is 2.30. The largest absolute Gasteiger partial charge is 0.494 e. The van der Waals surface area contributed by atoms with Gasteiger partial charge in [-0.3, -0.25) is 9.10 Å². The number of halogens is 2. The van der Waals surface area contributed by atoms with E-state index in [0.717, 1.165) is 11.1 Å². The number of sulfonamides is 1. The summed E-state index contributed by atoms with van der Waals surface area (Å²) in [6, 6.07) is 18.9. The quantitative estimate of drug-likeness (QED) is 0.282. The molecule has 1 saturated heterocycles. The lowest BCUT2D eigenvalue weighted by atomic mass is 10.00. The zero-order valence-corrected chi connectivity index (χ0v) is 24.5. The number of ether oxygens (including phenoxy) is 1. The summed E-state index contributed by atoms with van der Waals surface area (Å²) in [5, 5.41) is 18.4. The Bertz CT molecular complexity index is 1400. The summed E-state index contributed by atoms with van der Waals surface area (Å²) in [4.78, 5) is 13.5. The van der Waals surface area contributed by atoms with Crippen molar-refractivity contribution < 1.29 is 23.1 Å². The van der Waals surface area contributed by atoms with Crippen LogP contribution in [0, 0.1) is 0 Å². The Labute approximate surface area is 245 Å². The van der Waals surface area contributed by atoms with Gasteiger partial charge in [-0.25, -0.2) is 8.42 Å². The van der Waals surface area contributed by atoms with Gasteiger partial charge in [-0.15, -0.1) is 0 Å².